The lowest BCUT2D eigenvalue weighted by Gasteiger charge is -2.14. The highest BCUT2D eigenvalue weighted by atomic mass is 16.5. The first-order chi connectivity index (χ1) is 14.4. The summed E-state index contributed by atoms with van der Waals surface area (Å²) in [5.41, 5.74) is 11.7. The minimum atomic E-state index is -0.825. The number of aromatic nitrogens is 6. The van der Waals surface area contributed by atoms with Crippen LogP contribution in [0.1, 0.15) is 17.2 Å². The SMILES string of the molecule is Cn1c(=O)n(C)c2cc(C(O)COc3ccc(CNn4nnnc4N)cc3)ccc21. The van der Waals surface area contributed by atoms with Gasteiger partial charge in [0.25, 0.3) is 5.95 Å². The third-order valence-corrected chi connectivity index (χ3v) is 4.94. The molecule has 1 unspecified atom stereocenters. The van der Waals surface area contributed by atoms with E-state index in [1.54, 1.807) is 29.3 Å². The molecule has 4 rings (SSSR count). The van der Waals surface area contributed by atoms with Crippen molar-refractivity contribution in [3.8, 4) is 5.75 Å². The first-order valence-electron chi connectivity index (χ1n) is 9.27. The normalized spacial score (nSPS) is 12.2. The maximum atomic E-state index is 12.1. The molecule has 0 bridgehead atoms. The number of aryl methyl sites for hydroxylation is 2. The fourth-order valence-corrected chi connectivity index (χ4v) is 3.18. The summed E-state index contributed by atoms with van der Waals surface area (Å²) < 4.78 is 8.85. The lowest BCUT2D eigenvalue weighted by molar-refractivity contribution is 0.108. The number of hydrogen-bond acceptors (Lipinski definition) is 8. The highest BCUT2D eigenvalue weighted by Crippen LogP contribution is 2.21. The molecule has 1 atom stereocenters. The summed E-state index contributed by atoms with van der Waals surface area (Å²) in [5, 5.41) is 21.3. The molecule has 0 aliphatic rings. The van der Waals surface area contributed by atoms with Crippen LogP contribution in [0.4, 0.5) is 5.95 Å². The standard InChI is InChI=1S/C19H22N8O3/c1-25-15-8-5-13(9-16(15)26(2)19(25)29)17(28)11-30-14-6-3-12(4-7-14)10-21-27-18(20)22-23-24-27/h3-9,17,21,28H,10-11H2,1-2H3,(H2,20,22,24). The number of tetrazole rings is 1. The summed E-state index contributed by atoms with van der Waals surface area (Å²) in [6.07, 6.45) is -0.825. The zero-order valence-electron chi connectivity index (χ0n) is 16.6. The van der Waals surface area contributed by atoms with E-state index in [2.05, 4.69) is 21.0 Å². The van der Waals surface area contributed by atoms with E-state index in [9.17, 15) is 9.90 Å². The molecule has 30 heavy (non-hydrogen) atoms. The van der Waals surface area contributed by atoms with Crippen LogP contribution in [0, 0.1) is 0 Å². The Morgan fingerprint density at radius 1 is 1.13 bits per heavy atom. The van der Waals surface area contributed by atoms with Gasteiger partial charge < -0.3 is 21.0 Å². The molecule has 156 valence electrons. The molecule has 2 heterocycles. The highest BCUT2D eigenvalue weighted by Gasteiger charge is 2.13. The van der Waals surface area contributed by atoms with Gasteiger partial charge in [-0.15, -0.1) is 4.79 Å². The molecule has 0 fully saturated rings. The number of nitrogens with zero attached hydrogens (tertiary/aromatic N) is 6. The number of hydrogen-bond donors (Lipinski definition) is 3. The van der Waals surface area contributed by atoms with Crippen molar-refractivity contribution < 1.29 is 9.84 Å². The summed E-state index contributed by atoms with van der Waals surface area (Å²) in [4.78, 5) is 13.3. The van der Waals surface area contributed by atoms with Gasteiger partial charge in [0.2, 0.25) is 0 Å². The fourth-order valence-electron chi connectivity index (χ4n) is 3.18. The molecule has 2 aromatic heterocycles. The number of rotatable bonds is 7. The van der Waals surface area contributed by atoms with Crippen molar-refractivity contribution >= 4 is 17.0 Å². The van der Waals surface area contributed by atoms with E-state index in [-0.39, 0.29) is 18.2 Å². The lowest BCUT2D eigenvalue weighted by atomic mass is 10.1. The van der Waals surface area contributed by atoms with Crippen LogP contribution >= 0.6 is 0 Å². The molecule has 0 aliphatic carbocycles. The van der Waals surface area contributed by atoms with E-state index in [1.807, 2.05) is 36.4 Å². The predicted octanol–water partition coefficient (Wildman–Crippen LogP) is 0.302. The van der Waals surface area contributed by atoms with Gasteiger partial charge in [-0.25, -0.2) is 4.79 Å². The van der Waals surface area contributed by atoms with E-state index in [4.69, 9.17) is 10.5 Å². The molecule has 2 aromatic carbocycles. The Morgan fingerprint density at radius 3 is 2.57 bits per heavy atom. The number of benzene rings is 2. The number of nitrogens with one attached hydrogen (secondary N) is 1. The Balaban J connectivity index is 1.37. The molecule has 0 amide bonds. The smallest absolute Gasteiger partial charge is 0.328 e. The Kier molecular flexibility index (Phi) is 5.11. The van der Waals surface area contributed by atoms with Crippen molar-refractivity contribution in [2.45, 2.75) is 12.6 Å². The van der Waals surface area contributed by atoms with Gasteiger partial charge in [0, 0.05) is 14.1 Å². The van der Waals surface area contributed by atoms with Gasteiger partial charge in [0.1, 0.15) is 18.5 Å². The minimum absolute atomic E-state index is 0.0883. The second-order valence-corrected chi connectivity index (χ2v) is 6.90. The van der Waals surface area contributed by atoms with E-state index in [0.29, 0.717) is 17.9 Å². The van der Waals surface area contributed by atoms with Crippen LogP contribution in [0.25, 0.3) is 11.0 Å². The summed E-state index contributed by atoms with van der Waals surface area (Å²) >= 11 is 0. The van der Waals surface area contributed by atoms with Crippen LogP contribution in [-0.2, 0) is 20.6 Å². The Hall–Kier alpha value is -3.86. The van der Waals surface area contributed by atoms with Crippen molar-refractivity contribution in [2.24, 2.45) is 14.1 Å². The number of anilines is 1. The van der Waals surface area contributed by atoms with E-state index >= 15 is 0 Å². The first kappa shape index (κ1) is 19.5. The van der Waals surface area contributed by atoms with Crippen molar-refractivity contribution in [1.29, 1.82) is 0 Å². The average molecular weight is 410 g/mol. The second kappa shape index (κ2) is 7.87. The monoisotopic (exact) mass is 410 g/mol. The quantitative estimate of drug-likeness (QED) is 0.396. The molecular weight excluding hydrogens is 388 g/mol. The summed E-state index contributed by atoms with van der Waals surface area (Å²) in [6.45, 7) is 0.568. The van der Waals surface area contributed by atoms with Crippen LogP contribution in [0.2, 0.25) is 0 Å². The zero-order chi connectivity index (χ0) is 21.3. The topological polar surface area (TPSA) is 138 Å². The number of fused-ring (bicyclic) bond motifs is 1. The van der Waals surface area contributed by atoms with Crippen molar-refractivity contribution in [1.82, 2.24) is 29.5 Å². The van der Waals surface area contributed by atoms with Gasteiger partial charge in [0.05, 0.1) is 17.6 Å². The Labute approximate surface area is 171 Å². The van der Waals surface area contributed by atoms with Gasteiger partial charge in [-0.3, -0.25) is 9.13 Å². The summed E-state index contributed by atoms with van der Waals surface area (Å²) in [7, 11) is 3.43. The number of imidazole rings is 1. The predicted molar refractivity (Wildman–Crippen MR) is 110 cm³/mol. The van der Waals surface area contributed by atoms with E-state index in [0.717, 1.165) is 16.6 Å². The molecule has 4 aromatic rings. The number of aliphatic hydroxyl groups is 1. The van der Waals surface area contributed by atoms with Crippen LogP contribution in [0.3, 0.4) is 0 Å². The lowest BCUT2D eigenvalue weighted by Crippen LogP contribution is -2.19. The van der Waals surface area contributed by atoms with Crippen LogP contribution < -0.4 is 21.6 Å². The van der Waals surface area contributed by atoms with Gasteiger partial charge >= 0.3 is 5.69 Å². The highest BCUT2D eigenvalue weighted by molar-refractivity contribution is 5.76. The third-order valence-electron chi connectivity index (χ3n) is 4.94. The third kappa shape index (κ3) is 3.70. The molecular formula is C19H22N8O3. The molecule has 11 heteroatoms. The number of ether oxygens (including phenoxy) is 1. The maximum Gasteiger partial charge on any atom is 0.328 e. The van der Waals surface area contributed by atoms with Crippen LogP contribution in [0.5, 0.6) is 5.75 Å². The molecule has 0 saturated heterocycles. The largest absolute Gasteiger partial charge is 0.491 e. The average Bonchev–Trinajstić information content (AvgIpc) is 3.27. The fraction of sp³-hybridized carbons (Fsp3) is 0.263. The maximum absolute atomic E-state index is 12.1. The number of nitrogen functional groups attached to an aromatic ring is 1. The van der Waals surface area contributed by atoms with Gasteiger partial charge in [0.15, 0.2) is 0 Å². The molecule has 0 aliphatic heterocycles. The van der Waals surface area contributed by atoms with Crippen LogP contribution in [0.15, 0.2) is 47.3 Å². The van der Waals surface area contributed by atoms with Crippen molar-refractivity contribution in [3.05, 3.63) is 64.1 Å². The first-order valence-corrected chi connectivity index (χ1v) is 9.27. The molecule has 0 saturated carbocycles. The number of aliphatic hydroxyl groups excluding tert-OH is 1. The van der Waals surface area contributed by atoms with Crippen molar-refractivity contribution in [3.63, 3.8) is 0 Å². The van der Waals surface area contributed by atoms with Crippen molar-refractivity contribution in [2.75, 3.05) is 17.8 Å². The van der Waals surface area contributed by atoms with E-state index < -0.39 is 6.10 Å². The molecule has 0 spiro atoms. The van der Waals surface area contributed by atoms with Gasteiger partial charge in [-0.05, 0) is 45.8 Å². The minimum Gasteiger partial charge on any atom is -0.491 e. The van der Waals surface area contributed by atoms with Gasteiger partial charge in [-0.1, -0.05) is 23.3 Å². The summed E-state index contributed by atoms with van der Waals surface area (Å²) in [5.74, 6) is 0.811. The van der Waals surface area contributed by atoms with E-state index in [1.165, 1.54) is 4.79 Å². The second-order valence-electron chi connectivity index (χ2n) is 6.90. The Bertz CT molecular complexity index is 1230. The summed E-state index contributed by atoms with van der Waals surface area (Å²) in [6, 6.07) is 12.9. The molecule has 0 radical (unpaired) electrons. The number of nitrogens with two attached hydrogens (primary N) is 1. The molecule has 11 nitrogen and oxygen atoms in total. The zero-order valence-corrected chi connectivity index (χ0v) is 16.6. The van der Waals surface area contributed by atoms with Crippen LogP contribution in [-0.4, -0.2) is 41.2 Å². The Morgan fingerprint density at radius 2 is 1.87 bits per heavy atom. The molecule has 4 N–H and O–H groups in total. The van der Waals surface area contributed by atoms with Gasteiger partial charge in [-0.2, -0.15) is 0 Å².